The van der Waals surface area contributed by atoms with Crippen molar-refractivity contribution in [3.8, 4) is 0 Å². The maximum absolute atomic E-state index is 12.8. The Balaban J connectivity index is 1.42. The van der Waals surface area contributed by atoms with E-state index in [0.717, 1.165) is 24.8 Å². The van der Waals surface area contributed by atoms with Crippen LogP contribution in [-0.4, -0.2) is 12.5 Å². The molecular formula is C22H22FNO. The van der Waals surface area contributed by atoms with Crippen LogP contribution in [0.25, 0.3) is 10.8 Å². The van der Waals surface area contributed by atoms with E-state index in [9.17, 15) is 9.18 Å². The Bertz CT molecular complexity index is 837. The first kappa shape index (κ1) is 17.2. The van der Waals surface area contributed by atoms with Crippen LogP contribution in [0.1, 0.15) is 24.0 Å². The Labute approximate surface area is 147 Å². The van der Waals surface area contributed by atoms with E-state index in [-0.39, 0.29) is 11.7 Å². The Kier molecular flexibility index (Phi) is 5.78. The van der Waals surface area contributed by atoms with E-state index < -0.39 is 0 Å². The fraction of sp³-hybridized carbons (Fsp3) is 0.227. The Morgan fingerprint density at radius 2 is 1.64 bits per heavy atom. The van der Waals surface area contributed by atoms with Crippen LogP contribution in [0.2, 0.25) is 0 Å². The summed E-state index contributed by atoms with van der Waals surface area (Å²) in [4.78, 5) is 12.0. The third-order valence-electron chi connectivity index (χ3n) is 4.38. The van der Waals surface area contributed by atoms with Crippen molar-refractivity contribution >= 4 is 16.7 Å². The number of carbonyl (C=O) groups excluding carboxylic acids is 1. The van der Waals surface area contributed by atoms with Crippen LogP contribution in [0, 0.1) is 5.82 Å². The molecule has 0 aliphatic heterocycles. The molecule has 0 aliphatic rings. The van der Waals surface area contributed by atoms with Gasteiger partial charge < -0.3 is 5.32 Å². The second-order valence-corrected chi connectivity index (χ2v) is 6.22. The van der Waals surface area contributed by atoms with Gasteiger partial charge in [-0.1, -0.05) is 54.6 Å². The van der Waals surface area contributed by atoms with Crippen molar-refractivity contribution in [3.63, 3.8) is 0 Å². The lowest BCUT2D eigenvalue weighted by Gasteiger charge is -2.08. The first-order chi connectivity index (χ1) is 12.2. The topological polar surface area (TPSA) is 29.1 Å². The summed E-state index contributed by atoms with van der Waals surface area (Å²) < 4.78 is 12.8. The van der Waals surface area contributed by atoms with Crippen LogP contribution in [0.5, 0.6) is 0 Å². The zero-order valence-corrected chi connectivity index (χ0v) is 14.2. The van der Waals surface area contributed by atoms with Crippen LogP contribution >= 0.6 is 0 Å². The van der Waals surface area contributed by atoms with E-state index >= 15 is 0 Å². The van der Waals surface area contributed by atoms with Crippen molar-refractivity contribution in [1.29, 1.82) is 0 Å². The number of hydrogen-bond donors (Lipinski definition) is 1. The summed E-state index contributed by atoms with van der Waals surface area (Å²) in [6, 6.07) is 21.0. The molecule has 0 saturated heterocycles. The summed E-state index contributed by atoms with van der Waals surface area (Å²) in [6.07, 6.45) is 2.92. The predicted molar refractivity (Wildman–Crippen MR) is 100.0 cm³/mol. The first-order valence-electron chi connectivity index (χ1n) is 8.70. The van der Waals surface area contributed by atoms with E-state index in [2.05, 4.69) is 29.6 Å². The molecule has 1 amide bonds. The van der Waals surface area contributed by atoms with Gasteiger partial charge in [-0.05, 0) is 53.3 Å². The lowest BCUT2D eigenvalue weighted by molar-refractivity contribution is -0.121. The van der Waals surface area contributed by atoms with Crippen LogP contribution < -0.4 is 5.32 Å². The summed E-state index contributed by atoms with van der Waals surface area (Å²) in [5, 5.41) is 5.39. The van der Waals surface area contributed by atoms with E-state index in [1.165, 1.54) is 28.5 Å². The van der Waals surface area contributed by atoms with Crippen molar-refractivity contribution in [2.45, 2.75) is 25.7 Å². The van der Waals surface area contributed by atoms with Crippen molar-refractivity contribution in [2.24, 2.45) is 0 Å². The molecule has 0 atom stereocenters. The van der Waals surface area contributed by atoms with Crippen molar-refractivity contribution in [1.82, 2.24) is 5.32 Å². The lowest BCUT2D eigenvalue weighted by atomic mass is 10.0. The number of benzene rings is 3. The highest BCUT2D eigenvalue weighted by molar-refractivity contribution is 5.86. The molecule has 0 heterocycles. The molecule has 0 spiro atoms. The lowest BCUT2D eigenvalue weighted by Crippen LogP contribution is -2.25. The number of halogens is 1. The minimum absolute atomic E-state index is 0.0760. The van der Waals surface area contributed by atoms with Gasteiger partial charge >= 0.3 is 0 Å². The predicted octanol–water partition coefficient (Wildman–Crippen LogP) is 4.66. The molecule has 0 radical (unpaired) electrons. The maximum Gasteiger partial charge on any atom is 0.220 e. The van der Waals surface area contributed by atoms with Gasteiger partial charge in [0.2, 0.25) is 5.91 Å². The number of hydrogen-bond acceptors (Lipinski definition) is 1. The van der Waals surface area contributed by atoms with Crippen molar-refractivity contribution in [3.05, 3.63) is 83.7 Å². The Morgan fingerprint density at radius 1 is 0.880 bits per heavy atom. The highest BCUT2D eigenvalue weighted by atomic mass is 19.1. The monoisotopic (exact) mass is 335 g/mol. The second-order valence-electron chi connectivity index (χ2n) is 6.22. The van der Waals surface area contributed by atoms with E-state index in [0.29, 0.717) is 13.0 Å². The fourth-order valence-electron chi connectivity index (χ4n) is 3.02. The summed E-state index contributed by atoms with van der Waals surface area (Å²) in [5.41, 5.74) is 2.30. The maximum atomic E-state index is 12.8. The molecular weight excluding hydrogens is 313 g/mol. The summed E-state index contributed by atoms with van der Waals surface area (Å²) in [6.45, 7) is 0.645. The molecule has 0 saturated carbocycles. The first-order valence-corrected chi connectivity index (χ1v) is 8.70. The zero-order chi connectivity index (χ0) is 17.5. The van der Waals surface area contributed by atoms with Crippen LogP contribution in [0.4, 0.5) is 4.39 Å². The summed E-state index contributed by atoms with van der Waals surface area (Å²) >= 11 is 0. The van der Waals surface area contributed by atoms with Crippen molar-refractivity contribution in [2.75, 3.05) is 6.54 Å². The highest BCUT2D eigenvalue weighted by Crippen LogP contribution is 2.19. The molecule has 0 aliphatic carbocycles. The highest BCUT2D eigenvalue weighted by Gasteiger charge is 2.05. The number of carbonyl (C=O) groups is 1. The van der Waals surface area contributed by atoms with Gasteiger partial charge in [-0.15, -0.1) is 0 Å². The molecule has 3 aromatic rings. The molecule has 1 N–H and O–H groups in total. The number of amides is 1. The number of fused-ring (bicyclic) bond motifs is 1. The van der Waals surface area contributed by atoms with Crippen LogP contribution in [-0.2, 0) is 17.6 Å². The average molecular weight is 335 g/mol. The minimum Gasteiger partial charge on any atom is -0.356 e. The molecule has 128 valence electrons. The van der Waals surface area contributed by atoms with Gasteiger partial charge in [0.1, 0.15) is 5.82 Å². The SMILES string of the molecule is O=C(CCc1cccc2ccccc12)NCCCc1ccc(F)cc1. The van der Waals surface area contributed by atoms with Crippen LogP contribution in [0.3, 0.4) is 0 Å². The van der Waals surface area contributed by atoms with E-state index in [4.69, 9.17) is 0 Å². The molecule has 3 heteroatoms. The normalized spacial score (nSPS) is 10.8. The van der Waals surface area contributed by atoms with Gasteiger partial charge in [0.15, 0.2) is 0 Å². The van der Waals surface area contributed by atoms with E-state index in [1.54, 1.807) is 12.1 Å². The zero-order valence-electron chi connectivity index (χ0n) is 14.2. The molecule has 25 heavy (non-hydrogen) atoms. The summed E-state index contributed by atoms with van der Waals surface area (Å²) in [5.74, 6) is -0.141. The quantitative estimate of drug-likeness (QED) is 0.625. The summed E-state index contributed by atoms with van der Waals surface area (Å²) in [7, 11) is 0. The minimum atomic E-state index is -0.217. The smallest absolute Gasteiger partial charge is 0.220 e. The number of rotatable bonds is 7. The Hall–Kier alpha value is -2.68. The van der Waals surface area contributed by atoms with E-state index in [1.807, 2.05) is 18.2 Å². The Morgan fingerprint density at radius 3 is 2.48 bits per heavy atom. The van der Waals surface area contributed by atoms with Gasteiger partial charge in [-0.3, -0.25) is 4.79 Å². The standard InChI is InChI=1S/C22H22FNO/c23-20-13-10-17(11-14-20)5-4-16-24-22(25)15-12-19-8-3-7-18-6-1-2-9-21(18)19/h1-3,6-11,13-14H,4-5,12,15-16H2,(H,24,25). The van der Waals surface area contributed by atoms with Gasteiger partial charge in [-0.2, -0.15) is 0 Å². The molecule has 0 unspecified atom stereocenters. The van der Waals surface area contributed by atoms with Gasteiger partial charge in [0.25, 0.3) is 0 Å². The molecule has 0 fully saturated rings. The van der Waals surface area contributed by atoms with Crippen molar-refractivity contribution < 1.29 is 9.18 Å². The number of nitrogens with one attached hydrogen (secondary N) is 1. The third kappa shape index (κ3) is 4.90. The fourth-order valence-corrected chi connectivity index (χ4v) is 3.02. The molecule has 3 rings (SSSR count). The number of aryl methyl sites for hydroxylation is 2. The molecule has 0 bridgehead atoms. The molecule has 2 nitrogen and oxygen atoms in total. The molecule has 3 aromatic carbocycles. The van der Waals surface area contributed by atoms with Gasteiger partial charge in [0.05, 0.1) is 0 Å². The van der Waals surface area contributed by atoms with Gasteiger partial charge in [0, 0.05) is 13.0 Å². The molecule has 0 aromatic heterocycles. The van der Waals surface area contributed by atoms with Gasteiger partial charge in [-0.25, -0.2) is 4.39 Å². The third-order valence-corrected chi connectivity index (χ3v) is 4.38. The second kappa shape index (κ2) is 8.43. The average Bonchev–Trinajstić information content (AvgIpc) is 2.65. The van der Waals surface area contributed by atoms with Crippen LogP contribution in [0.15, 0.2) is 66.7 Å². The largest absolute Gasteiger partial charge is 0.356 e.